The Morgan fingerprint density at radius 3 is 2.16 bits per heavy atom. The predicted molar refractivity (Wildman–Crippen MR) is 134 cm³/mol. The van der Waals surface area contributed by atoms with E-state index in [2.05, 4.69) is 41.3 Å². The monoisotopic (exact) mass is 510 g/mol. The molecule has 6 nitrogen and oxygen atoms in total. The molecule has 0 spiro atoms. The van der Waals surface area contributed by atoms with Gasteiger partial charge in [-0.2, -0.15) is 13.2 Å². The second-order valence-electron chi connectivity index (χ2n) is 9.59. The number of likely N-dealkylation sites (tertiary alicyclic amines) is 1. The molecule has 1 aliphatic heterocycles. The maximum Gasteiger partial charge on any atom is 0.434 e. The van der Waals surface area contributed by atoms with Gasteiger partial charge in [0, 0.05) is 18.8 Å². The highest BCUT2D eigenvalue weighted by atomic mass is 19.4. The Balaban J connectivity index is 1.27. The van der Waals surface area contributed by atoms with Crippen LogP contribution in [0.2, 0.25) is 0 Å². The molecule has 0 atom stereocenters. The van der Waals surface area contributed by atoms with Crippen LogP contribution in [0.25, 0.3) is 0 Å². The molecular weight excluding hydrogens is 481 g/mol. The number of alkyl halides is 3. The van der Waals surface area contributed by atoms with Crippen LogP contribution in [0.15, 0.2) is 60.9 Å². The number of piperidine rings is 1. The molecule has 2 aromatic carbocycles. The Bertz CT molecular complexity index is 1220. The molecule has 0 saturated carbocycles. The van der Waals surface area contributed by atoms with Crippen LogP contribution in [0.1, 0.15) is 71.4 Å². The molecule has 2 heterocycles. The van der Waals surface area contributed by atoms with E-state index in [1.54, 1.807) is 4.90 Å². The van der Waals surface area contributed by atoms with Crippen LogP contribution in [0.4, 0.5) is 18.9 Å². The standard InChI is InChI=1S/C28H29F3N4O2/c1-18(2)20-5-3-19(4-6-20)15-26(36)34-23-9-7-21(8-10-23)22-11-13-35(14-12-22)27(37)24-16-33-25(17-32-24)28(29,30)31/h3-10,16-18,22H,11-15H2,1-2H3,(H,34,36). The van der Waals surface area contributed by atoms with Gasteiger partial charge in [-0.3, -0.25) is 9.59 Å². The fraction of sp³-hybridized carbons (Fsp3) is 0.357. The van der Waals surface area contributed by atoms with Gasteiger partial charge in [-0.25, -0.2) is 9.97 Å². The van der Waals surface area contributed by atoms with Crippen LogP contribution >= 0.6 is 0 Å². The van der Waals surface area contributed by atoms with Crippen LogP contribution in [-0.4, -0.2) is 39.8 Å². The van der Waals surface area contributed by atoms with Crippen molar-refractivity contribution in [3.63, 3.8) is 0 Å². The molecule has 1 aliphatic rings. The van der Waals surface area contributed by atoms with Crippen LogP contribution < -0.4 is 5.32 Å². The average Bonchev–Trinajstić information content (AvgIpc) is 2.89. The molecule has 1 fully saturated rings. The molecule has 2 amide bonds. The quantitative estimate of drug-likeness (QED) is 0.454. The fourth-order valence-corrected chi connectivity index (χ4v) is 4.41. The highest BCUT2D eigenvalue weighted by molar-refractivity contribution is 5.92. The number of aromatic nitrogens is 2. The van der Waals surface area contributed by atoms with E-state index in [-0.39, 0.29) is 17.5 Å². The number of carbonyl (C=O) groups is 2. The molecule has 194 valence electrons. The maximum absolute atomic E-state index is 12.7. The van der Waals surface area contributed by atoms with Crippen LogP contribution in [0, 0.1) is 0 Å². The lowest BCUT2D eigenvalue weighted by molar-refractivity contribution is -0.141. The minimum Gasteiger partial charge on any atom is -0.337 e. The van der Waals surface area contributed by atoms with Gasteiger partial charge in [-0.1, -0.05) is 50.2 Å². The molecule has 3 aromatic rings. The molecule has 1 aromatic heterocycles. The summed E-state index contributed by atoms with van der Waals surface area (Å²) in [5.74, 6) is 0.189. The Labute approximate surface area is 213 Å². The summed E-state index contributed by atoms with van der Waals surface area (Å²) in [6.07, 6.45) is -1.38. The molecule has 0 radical (unpaired) electrons. The molecule has 0 unspecified atom stereocenters. The van der Waals surface area contributed by atoms with Gasteiger partial charge >= 0.3 is 6.18 Å². The first kappa shape index (κ1) is 26.3. The molecule has 1 N–H and O–H groups in total. The molecule has 1 saturated heterocycles. The Hall–Kier alpha value is -3.75. The van der Waals surface area contributed by atoms with Gasteiger partial charge in [0.05, 0.1) is 18.8 Å². The number of hydrogen-bond acceptors (Lipinski definition) is 4. The van der Waals surface area contributed by atoms with Crippen molar-refractivity contribution in [1.82, 2.24) is 14.9 Å². The Kier molecular flexibility index (Phi) is 7.90. The third-order valence-electron chi connectivity index (χ3n) is 6.62. The van der Waals surface area contributed by atoms with Gasteiger partial charge in [0.2, 0.25) is 5.91 Å². The zero-order valence-corrected chi connectivity index (χ0v) is 20.8. The van der Waals surface area contributed by atoms with Crippen molar-refractivity contribution in [2.24, 2.45) is 0 Å². The van der Waals surface area contributed by atoms with Gasteiger partial charge in [0.15, 0.2) is 5.69 Å². The summed E-state index contributed by atoms with van der Waals surface area (Å²) >= 11 is 0. The van der Waals surface area contributed by atoms with Crippen molar-refractivity contribution in [2.75, 3.05) is 18.4 Å². The van der Waals surface area contributed by atoms with Crippen LogP contribution in [0.5, 0.6) is 0 Å². The van der Waals surface area contributed by atoms with Crippen molar-refractivity contribution in [3.8, 4) is 0 Å². The van der Waals surface area contributed by atoms with Crippen molar-refractivity contribution in [2.45, 2.75) is 51.1 Å². The van der Waals surface area contributed by atoms with E-state index in [1.807, 2.05) is 36.4 Å². The first-order valence-electron chi connectivity index (χ1n) is 12.3. The minimum atomic E-state index is -4.59. The fourth-order valence-electron chi connectivity index (χ4n) is 4.41. The number of benzene rings is 2. The number of anilines is 1. The van der Waals surface area contributed by atoms with E-state index in [4.69, 9.17) is 0 Å². The van der Waals surface area contributed by atoms with Gasteiger partial charge < -0.3 is 10.2 Å². The summed E-state index contributed by atoms with van der Waals surface area (Å²) in [4.78, 5) is 33.7. The SMILES string of the molecule is CC(C)c1ccc(CC(=O)Nc2ccc(C3CCN(C(=O)c4cnc(C(F)(F)F)cn4)CC3)cc2)cc1. The van der Waals surface area contributed by atoms with Crippen molar-refractivity contribution in [1.29, 1.82) is 0 Å². The molecule has 0 bridgehead atoms. The lowest BCUT2D eigenvalue weighted by Gasteiger charge is -2.32. The van der Waals surface area contributed by atoms with E-state index < -0.39 is 17.8 Å². The number of rotatable bonds is 6. The molecular formula is C28H29F3N4O2. The number of carbonyl (C=O) groups excluding carboxylic acids is 2. The maximum atomic E-state index is 12.7. The third kappa shape index (κ3) is 6.72. The summed E-state index contributed by atoms with van der Waals surface area (Å²) in [5, 5.41) is 2.94. The summed E-state index contributed by atoms with van der Waals surface area (Å²) in [6, 6.07) is 15.8. The first-order chi connectivity index (χ1) is 17.6. The summed E-state index contributed by atoms with van der Waals surface area (Å²) in [5.41, 5.74) is 2.82. The smallest absolute Gasteiger partial charge is 0.337 e. The van der Waals surface area contributed by atoms with Gasteiger partial charge in [0.1, 0.15) is 5.69 Å². The number of nitrogens with zero attached hydrogens (tertiary/aromatic N) is 3. The lowest BCUT2D eigenvalue weighted by Crippen LogP contribution is -2.38. The van der Waals surface area contributed by atoms with Crippen molar-refractivity contribution >= 4 is 17.5 Å². The number of nitrogens with one attached hydrogen (secondary N) is 1. The van der Waals surface area contributed by atoms with Gasteiger partial charge in [0.25, 0.3) is 5.91 Å². The predicted octanol–water partition coefficient (Wildman–Crippen LogP) is 5.82. The highest BCUT2D eigenvalue weighted by Gasteiger charge is 2.33. The van der Waals surface area contributed by atoms with E-state index in [9.17, 15) is 22.8 Å². The summed E-state index contributed by atoms with van der Waals surface area (Å²) in [6.45, 7) is 5.21. The van der Waals surface area contributed by atoms with Crippen LogP contribution in [-0.2, 0) is 17.4 Å². The van der Waals surface area contributed by atoms with E-state index in [0.717, 1.165) is 35.9 Å². The van der Waals surface area contributed by atoms with Crippen molar-refractivity contribution < 1.29 is 22.8 Å². The number of hydrogen-bond donors (Lipinski definition) is 1. The highest BCUT2D eigenvalue weighted by Crippen LogP contribution is 2.30. The minimum absolute atomic E-state index is 0.0803. The van der Waals surface area contributed by atoms with Gasteiger partial charge in [-0.15, -0.1) is 0 Å². The normalized spacial score (nSPS) is 14.6. The van der Waals surface area contributed by atoms with Crippen molar-refractivity contribution in [3.05, 3.63) is 89.0 Å². The lowest BCUT2D eigenvalue weighted by atomic mass is 9.89. The zero-order valence-electron chi connectivity index (χ0n) is 20.8. The summed E-state index contributed by atoms with van der Waals surface area (Å²) in [7, 11) is 0. The largest absolute Gasteiger partial charge is 0.434 e. The topological polar surface area (TPSA) is 75.2 Å². The first-order valence-corrected chi connectivity index (χ1v) is 12.3. The van der Waals surface area contributed by atoms with E-state index in [1.165, 1.54) is 5.56 Å². The second kappa shape index (κ2) is 11.1. The van der Waals surface area contributed by atoms with E-state index in [0.29, 0.717) is 31.6 Å². The zero-order chi connectivity index (χ0) is 26.6. The third-order valence-corrected chi connectivity index (χ3v) is 6.62. The molecule has 9 heteroatoms. The number of amides is 2. The number of halogens is 3. The summed E-state index contributed by atoms with van der Waals surface area (Å²) < 4.78 is 38.0. The van der Waals surface area contributed by atoms with Crippen LogP contribution in [0.3, 0.4) is 0 Å². The van der Waals surface area contributed by atoms with Gasteiger partial charge in [-0.05, 0) is 53.5 Å². The molecule has 37 heavy (non-hydrogen) atoms. The Morgan fingerprint density at radius 2 is 1.62 bits per heavy atom. The average molecular weight is 511 g/mol. The second-order valence-corrected chi connectivity index (χ2v) is 9.59. The van der Waals surface area contributed by atoms with E-state index >= 15 is 0 Å². The molecule has 4 rings (SSSR count). The molecule has 0 aliphatic carbocycles. The Morgan fingerprint density at radius 1 is 0.973 bits per heavy atom.